The Morgan fingerprint density at radius 3 is 2.69 bits per heavy atom. The van der Waals surface area contributed by atoms with Gasteiger partial charge in [-0.1, -0.05) is 6.92 Å². The number of carbonyl (C=O) groups is 2. The number of nitrogens with one attached hydrogen (secondary N) is 1. The van der Waals surface area contributed by atoms with E-state index in [2.05, 4.69) is 10.2 Å². The third-order valence-electron chi connectivity index (χ3n) is 7.03. The standard InChI is InChI=1S/C20H32N4O6S2/c1-11-16-15(12(2)25)19(26)24(16)17(20(27)28)18(11)31-14-4-6-22(10-14)9-13-8-21-5-7-23(13)32(3,29)30/h11-16,21,25H,4-10H2,1-3H3,(H,27,28)/t11-,12-,13?,14-,15-,16-/m1/s1. The van der Waals surface area contributed by atoms with Gasteiger partial charge in [-0.2, -0.15) is 4.31 Å². The number of β-lactam (4-membered cyclic amide) rings is 1. The molecular formula is C20H32N4O6S2. The van der Waals surface area contributed by atoms with Gasteiger partial charge in [-0.15, -0.1) is 11.8 Å². The SMILES string of the molecule is C[C@@H](O)[C@H]1C(=O)N2C(C(=O)O)=C(S[C@@H]3CCN(CC4CNCCN4S(C)(=O)=O)C3)[C@H](C)[C@H]12. The molecule has 6 atom stereocenters. The van der Waals surface area contributed by atoms with Gasteiger partial charge in [0, 0.05) is 54.8 Å². The highest BCUT2D eigenvalue weighted by atomic mass is 32.2. The van der Waals surface area contributed by atoms with Crippen LogP contribution in [0.2, 0.25) is 0 Å². The van der Waals surface area contributed by atoms with E-state index in [-0.39, 0.29) is 34.9 Å². The van der Waals surface area contributed by atoms with Crippen molar-refractivity contribution >= 4 is 33.7 Å². The molecule has 3 saturated heterocycles. The molecular weight excluding hydrogens is 456 g/mol. The molecule has 0 aromatic rings. The normalized spacial score (nSPS) is 35.2. The molecule has 4 aliphatic rings. The Bertz CT molecular complexity index is 923. The second-order valence-corrected chi connectivity index (χ2v) is 12.6. The van der Waals surface area contributed by atoms with Gasteiger partial charge in [-0.05, 0) is 19.9 Å². The number of carboxylic acid groups (broad SMARTS) is 1. The van der Waals surface area contributed by atoms with Crippen LogP contribution in [0.15, 0.2) is 10.6 Å². The Kier molecular flexibility index (Phi) is 6.65. The average Bonchev–Trinajstić information content (AvgIpc) is 3.22. The molecule has 1 unspecified atom stereocenters. The van der Waals surface area contributed by atoms with Crippen LogP contribution in [0.3, 0.4) is 0 Å². The fourth-order valence-corrected chi connectivity index (χ4v) is 8.17. The minimum absolute atomic E-state index is 0.0626. The molecule has 180 valence electrons. The number of carboxylic acids is 1. The Hall–Kier alpha value is -1.18. The number of piperazine rings is 1. The van der Waals surface area contributed by atoms with Crippen LogP contribution in [0.1, 0.15) is 20.3 Å². The van der Waals surface area contributed by atoms with Gasteiger partial charge in [-0.3, -0.25) is 4.79 Å². The van der Waals surface area contributed by atoms with E-state index in [1.807, 2.05) is 6.92 Å². The highest BCUT2D eigenvalue weighted by Crippen LogP contribution is 2.51. The lowest BCUT2D eigenvalue weighted by atomic mass is 9.79. The first-order valence-electron chi connectivity index (χ1n) is 11.1. The molecule has 4 aliphatic heterocycles. The summed E-state index contributed by atoms with van der Waals surface area (Å²) in [6.45, 7) is 7.43. The predicted octanol–water partition coefficient (Wildman–Crippen LogP) is -0.819. The molecule has 3 N–H and O–H groups in total. The van der Waals surface area contributed by atoms with E-state index in [4.69, 9.17) is 0 Å². The molecule has 0 spiro atoms. The van der Waals surface area contributed by atoms with E-state index >= 15 is 0 Å². The smallest absolute Gasteiger partial charge is 0.353 e. The Morgan fingerprint density at radius 2 is 2.06 bits per heavy atom. The molecule has 0 saturated carbocycles. The van der Waals surface area contributed by atoms with Crippen molar-refractivity contribution in [1.82, 2.24) is 19.4 Å². The zero-order valence-electron chi connectivity index (χ0n) is 18.6. The van der Waals surface area contributed by atoms with Gasteiger partial charge in [0.2, 0.25) is 15.9 Å². The second kappa shape index (κ2) is 8.88. The summed E-state index contributed by atoms with van der Waals surface area (Å²) in [6.07, 6.45) is 1.31. The first kappa shape index (κ1) is 24.0. The van der Waals surface area contributed by atoms with Gasteiger partial charge < -0.3 is 25.3 Å². The van der Waals surface area contributed by atoms with Crippen LogP contribution >= 0.6 is 11.8 Å². The molecule has 10 nitrogen and oxygen atoms in total. The second-order valence-electron chi connectivity index (χ2n) is 9.29. The van der Waals surface area contributed by atoms with Crippen molar-refractivity contribution < 1.29 is 28.2 Å². The van der Waals surface area contributed by atoms with Crippen LogP contribution in [-0.4, -0.2) is 114 Å². The number of aliphatic hydroxyl groups excluding tert-OH is 1. The van der Waals surface area contributed by atoms with Gasteiger partial charge in [0.25, 0.3) is 0 Å². The first-order chi connectivity index (χ1) is 15.0. The first-order valence-corrected chi connectivity index (χ1v) is 13.8. The van der Waals surface area contributed by atoms with E-state index in [0.717, 1.165) is 19.5 Å². The number of hydrogen-bond donors (Lipinski definition) is 3. The predicted molar refractivity (Wildman–Crippen MR) is 120 cm³/mol. The van der Waals surface area contributed by atoms with Crippen LogP contribution in [0.5, 0.6) is 0 Å². The number of aliphatic carboxylic acids is 1. The third-order valence-corrected chi connectivity index (χ3v) is 9.89. The number of thioether (sulfide) groups is 1. The van der Waals surface area contributed by atoms with E-state index in [9.17, 15) is 28.2 Å². The largest absolute Gasteiger partial charge is 0.477 e. The fourth-order valence-electron chi connectivity index (χ4n) is 5.55. The van der Waals surface area contributed by atoms with E-state index in [1.165, 1.54) is 22.9 Å². The van der Waals surface area contributed by atoms with Crippen LogP contribution < -0.4 is 5.32 Å². The van der Waals surface area contributed by atoms with E-state index < -0.39 is 28.0 Å². The fraction of sp³-hybridized carbons (Fsp3) is 0.800. The molecule has 4 heterocycles. The lowest BCUT2D eigenvalue weighted by molar-refractivity contribution is -0.163. The maximum absolute atomic E-state index is 12.5. The number of likely N-dealkylation sites (tertiary alicyclic amines) is 1. The third kappa shape index (κ3) is 4.21. The molecule has 0 bridgehead atoms. The molecule has 32 heavy (non-hydrogen) atoms. The van der Waals surface area contributed by atoms with Crippen molar-refractivity contribution in [2.75, 3.05) is 45.5 Å². The lowest BCUT2D eigenvalue weighted by Gasteiger charge is -2.46. The van der Waals surface area contributed by atoms with Crippen molar-refractivity contribution in [3.05, 3.63) is 10.6 Å². The minimum atomic E-state index is -3.27. The number of sulfonamides is 1. The molecule has 4 rings (SSSR count). The van der Waals surface area contributed by atoms with Crippen LogP contribution in [-0.2, 0) is 19.6 Å². The molecule has 0 radical (unpaired) electrons. The lowest BCUT2D eigenvalue weighted by Crippen LogP contribution is -2.63. The highest BCUT2D eigenvalue weighted by Gasteiger charge is 2.60. The Morgan fingerprint density at radius 1 is 1.34 bits per heavy atom. The number of amides is 1. The molecule has 0 aliphatic carbocycles. The highest BCUT2D eigenvalue weighted by molar-refractivity contribution is 8.03. The monoisotopic (exact) mass is 488 g/mol. The number of nitrogens with zero attached hydrogens (tertiary/aromatic N) is 3. The van der Waals surface area contributed by atoms with Crippen LogP contribution in [0, 0.1) is 11.8 Å². The summed E-state index contributed by atoms with van der Waals surface area (Å²) in [7, 11) is -3.27. The summed E-state index contributed by atoms with van der Waals surface area (Å²) in [5.74, 6) is -2.12. The Balaban J connectivity index is 1.43. The van der Waals surface area contributed by atoms with Crippen molar-refractivity contribution in [1.29, 1.82) is 0 Å². The van der Waals surface area contributed by atoms with Crippen molar-refractivity contribution in [2.45, 2.75) is 43.7 Å². The van der Waals surface area contributed by atoms with Crippen LogP contribution in [0.25, 0.3) is 0 Å². The number of aliphatic hydroxyl groups is 1. The van der Waals surface area contributed by atoms with E-state index in [0.29, 0.717) is 31.1 Å². The van der Waals surface area contributed by atoms with Crippen molar-refractivity contribution in [3.8, 4) is 0 Å². The minimum Gasteiger partial charge on any atom is -0.477 e. The summed E-state index contributed by atoms with van der Waals surface area (Å²) in [5.41, 5.74) is 0.0626. The number of hydrogen-bond acceptors (Lipinski definition) is 8. The molecule has 0 aromatic heterocycles. The van der Waals surface area contributed by atoms with Gasteiger partial charge >= 0.3 is 5.97 Å². The zero-order valence-corrected chi connectivity index (χ0v) is 20.2. The maximum atomic E-state index is 12.5. The Labute approximate surface area is 193 Å². The summed E-state index contributed by atoms with van der Waals surface area (Å²) in [5, 5.41) is 23.2. The average molecular weight is 489 g/mol. The van der Waals surface area contributed by atoms with Crippen molar-refractivity contribution in [2.24, 2.45) is 11.8 Å². The molecule has 12 heteroatoms. The molecule has 0 aromatic carbocycles. The number of rotatable bonds is 7. The van der Waals surface area contributed by atoms with Gasteiger partial charge in [0.15, 0.2) is 0 Å². The summed E-state index contributed by atoms with van der Waals surface area (Å²) < 4.78 is 25.8. The van der Waals surface area contributed by atoms with Crippen LogP contribution in [0.4, 0.5) is 0 Å². The quantitative estimate of drug-likeness (QED) is 0.394. The zero-order chi connectivity index (χ0) is 23.4. The summed E-state index contributed by atoms with van der Waals surface area (Å²) in [6, 6.07) is -0.418. The molecule has 1 amide bonds. The molecule has 3 fully saturated rings. The number of fused-ring (bicyclic) bond motifs is 1. The number of carbonyl (C=O) groups excluding carboxylic acids is 1. The van der Waals surface area contributed by atoms with Gasteiger partial charge in [-0.25, -0.2) is 13.2 Å². The maximum Gasteiger partial charge on any atom is 0.353 e. The summed E-state index contributed by atoms with van der Waals surface area (Å²) >= 11 is 1.53. The van der Waals surface area contributed by atoms with Crippen molar-refractivity contribution in [3.63, 3.8) is 0 Å². The van der Waals surface area contributed by atoms with E-state index in [1.54, 1.807) is 11.2 Å². The van der Waals surface area contributed by atoms with Gasteiger partial charge in [0.05, 0.1) is 24.3 Å². The topological polar surface area (TPSA) is 130 Å². The summed E-state index contributed by atoms with van der Waals surface area (Å²) in [4.78, 5) is 28.8. The van der Waals surface area contributed by atoms with Gasteiger partial charge in [0.1, 0.15) is 5.70 Å².